The van der Waals surface area contributed by atoms with Crippen LogP contribution in [0.3, 0.4) is 0 Å². The maximum absolute atomic E-state index is 11.9. The monoisotopic (exact) mass is 408 g/mol. The molecule has 1 atom stereocenters. The largest absolute Gasteiger partial charge is 0.303 e. The summed E-state index contributed by atoms with van der Waals surface area (Å²) < 4.78 is 28.3. The van der Waals surface area contributed by atoms with Gasteiger partial charge in [0.1, 0.15) is 0 Å². The van der Waals surface area contributed by atoms with Crippen LogP contribution >= 0.6 is 12.2 Å². The third-order valence-corrected chi connectivity index (χ3v) is 7.42. The molecule has 148 valence electrons. The van der Waals surface area contributed by atoms with E-state index in [2.05, 4.69) is 43.0 Å². The fourth-order valence-corrected chi connectivity index (χ4v) is 5.45. The fraction of sp³-hybridized carbons (Fsp3) is 0.579. The summed E-state index contributed by atoms with van der Waals surface area (Å²) in [6.07, 6.45) is 2.79. The standard InChI is InChI=1S/C19H28N4O2S2/c1-4-5-11-22(17-10-12-27(24,25)13-17)14-23-19(26)21(3)18(20-23)16-8-6-15(2)7-9-16/h6-9,17H,4-5,10-14H2,1-3H3/t17-/m1/s1. The first-order valence-corrected chi connectivity index (χ1v) is 11.7. The van der Waals surface area contributed by atoms with Crippen LogP contribution in [0.2, 0.25) is 0 Å². The Bertz CT molecular complexity index is 945. The van der Waals surface area contributed by atoms with Gasteiger partial charge in [-0.05, 0) is 32.0 Å². The smallest absolute Gasteiger partial charge is 0.199 e. The number of rotatable bonds is 7. The van der Waals surface area contributed by atoms with E-state index in [1.54, 1.807) is 0 Å². The number of sulfone groups is 1. The number of aromatic nitrogens is 3. The summed E-state index contributed by atoms with van der Waals surface area (Å²) in [5, 5.41) is 4.75. The van der Waals surface area contributed by atoms with Gasteiger partial charge in [-0.15, -0.1) is 0 Å². The summed E-state index contributed by atoms with van der Waals surface area (Å²) >= 11 is 5.61. The van der Waals surface area contributed by atoms with Crippen molar-refractivity contribution in [1.82, 2.24) is 19.2 Å². The molecule has 2 aromatic rings. The molecule has 0 saturated carbocycles. The van der Waals surface area contributed by atoms with E-state index in [0.29, 0.717) is 17.9 Å². The highest BCUT2D eigenvalue weighted by Gasteiger charge is 2.32. The number of aryl methyl sites for hydroxylation is 1. The molecular formula is C19H28N4O2S2. The Morgan fingerprint density at radius 1 is 1.30 bits per heavy atom. The van der Waals surface area contributed by atoms with Crippen molar-refractivity contribution in [3.63, 3.8) is 0 Å². The second kappa shape index (κ2) is 8.24. The van der Waals surface area contributed by atoms with E-state index < -0.39 is 9.84 Å². The van der Waals surface area contributed by atoms with Crippen molar-refractivity contribution in [2.24, 2.45) is 7.05 Å². The highest BCUT2D eigenvalue weighted by molar-refractivity contribution is 7.91. The molecule has 0 spiro atoms. The predicted molar refractivity (Wildman–Crippen MR) is 111 cm³/mol. The third-order valence-electron chi connectivity index (χ3n) is 5.19. The molecule has 6 nitrogen and oxygen atoms in total. The lowest BCUT2D eigenvalue weighted by Gasteiger charge is -2.27. The van der Waals surface area contributed by atoms with Gasteiger partial charge in [0.05, 0.1) is 18.2 Å². The van der Waals surface area contributed by atoms with Gasteiger partial charge in [0, 0.05) is 25.2 Å². The zero-order valence-electron chi connectivity index (χ0n) is 16.3. The zero-order chi connectivity index (χ0) is 19.6. The van der Waals surface area contributed by atoms with Gasteiger partial charge in [0.15, 0.2) is 20.4 Å². The number of hydrogen-bond donors (Lipinski definition) is 0. The van der Waals surface area contributed by atoms with Gasteiger partial charge in [-0.1, -0.05) is 43.2 Å². The Kier molecular flexibility index (Phi) is 6.18. The highest BCUT2D eigenvalue weighted by atomic mass is 32.2. The summed E-state index contributed by atoms with van der Waals surface area (Å²) in [5.74, 6) is 1.35. The van der Waals surface area contributed by atoms with Crippen LogP contribution in [0, 0.1) is 11.7 Å². The quantitative estimate of drug-likeness (QED) is 0.659. The van der Waals surface area contributed by atoms with Gasteiger partial charge < -0.3 is 4.57 Å². The van der Waals surface area contributed by atoms with Crippen LogP contribution in [0.25, 0.3) is 11.4 Å². The minimum Gasteiger partial charge on any atom is -0.303 e. The van der Waals surface area contributed by atoms with E-state index in [1.165, 1.54) is 5.56 Å². The van der Waals surface area contributed by atoms with Crippen molar-refractivity contribution in [2.75, 3.05) is 18.1 Å². The Hall–Kier alpha value is -1.51. The first-order chi connectivity index (χ1) is 12.8. The molecule has 0 N–H and O–H groups in total. The topological polar surface area (TPSA) is 60.1 Å². The molecule has 1 aliphatic rings. The predicted octanol–water partition coefficient (Wildman–Crippen LogP) is 3.17. The molecule has 1 aromatic heterocycles. The highest BCUT2D eigenvalue weighted by Crippen LogP contribution is 2.21. The molecule has 0 amide bonds. The summed E-state index contributed by atoms with van der Waals surface area (Å²) in [6.45, 7) is 5.58. The van der Waals surface area contributed by atoms with Crippen LogP contribution in [-0.2, 0) is 23.6 Å². The molecule has 1 aliphatic heterocycles. The average Bonchev–Trinajstić information content (AvgIpc) is 3.13. The second-order valence-electron chi connectivity index (χ2n) is 7.39. The second-order valence-corrected chi connectivity index (χ2v) is 9.99. The molecule has 2 heterocycles. The lowest BCUT2D eigenvalue weighted by atomic mass is 10.1. The zero-order valence-corrected chi connectivity index (χ0v) is 17.9. The summed E-state index contributed by atoms with van der Waals surface area (Å²) in [5.41, 5.74) is 2.23. The number of unbranched alkanes of at least 4 members (excludes halogenated alkanes) is 1. The third kappa shape index (κ3) is 4.67. The lowest BCUT2D eigenvalue weighted by Crippen LogP contribution is -2.38. The first-order valence-electron chi connectivity index (χ1n) is 9.46. The van der Waals surface area contributed by atoms with E-state index in [1.807, 2.05) is 16.3 Å². The number of hydrogen-bond acceptors (Lipinski definition) is 5. The number of nitrogens with zero attached hydrogens (tertiary/aromatic N) is 4. The Labute approximate surface area is 166 Å². The van der Waals surface area contributed by atoms with Crippen molar-refractivity contribution in [1.29, 1.82) is 0 Å². The van der Waals surface area contributed by atoms with Crippen LogP contribution in [0.4, 0.5) is 0 Å². The van der Waals surface area contributed by atoms with Crippen molar-refractivity contribution in [3.8, 4) is 11.4 Å². The molecule has 8 heteroatoms. The summed E-state index contributed by atoms with van der Waals surface area (Å²) in [7, 11) is -0.993. The van der Waals surface area contributed by atoms with E-state index in [4.69, 9.17) is 17.3 Å². The Balaban J connectivity index is 1.86. The maximum atomic E-state index is 11.9. The molecule has 0 aliphatic carbocycles. The molecule has 1 aromatic carbocycles. The SMILES string of the molecule is CCCCN(Cn1nc(-c2ccc(C)cc2)n(C)c1=S)[C@@H]1CCS(=O)(=O)C1. The van der Waals surface area contributed by atoms with Crippen LogP contribution in [-0.4, -0.2) is 51.8 Å². The normalized spacial score (nSPS) is 19.0. The molecule has 3 rings (SSSR count). The van der Waals surface area contributed by atoms with E-state index >= 15 is 0 Å². The van der Waals surface area contributed by atoms with E-state index in [9.17, 15) is 8.42 Å². The maximum Gasteiger partial charge on any atom is 0.199 e. The molecule has 0 unspecified atom stereocenters. The lowest BCUT2D eigenvalue weighted by molar-refractivity contribution is 0.152. The van der Waals surface area contributed by atoms with Crippen LogP contribution in [0.5, 0.6) is 0 Å². The summed E-state index contributed by atoms with van der Waals surface area (Å²) in [4.78, 5) is 2.23. The van der Waals surface area contributed by atoms with Crippen LogP contribution < -0.4 is 0 Å². The Morgan fingerprint density at radius 2 is 2.00 bits per heavy atom. The van der Waals surface area contributed by atoms with Crippen molar-refractivity contribution in [2.45, 2.75) is 45.8 Å². The number of benzene rings is 1. The van der Waals surface area contributed by atoms with E-state index in [0.717, 1.165) is 30.8 Å². The minimum atomic E-state index is -2.92. The first kappa shape index (κ1) is 20.2. The van der Waals surface area contributed by atoms with Crippen LogP contribution in [0.1, 0.15) is 31.7 Å². The molecule has 0 bridgehead atoms. The molecule has 27 heavy (non-hydrogen) atoms. The Morgan fingerprint density at radius 3 is 2.59 bits per heavy atom. The van der Waals surface area contributed by atoms with Crippen molar-refractivity contribution < 1.29 is 8.42 Å². The minimum absolute atomic E-state index is 0.0493. The molecule has 0 radical (unpaired) electrons. The van der Waals surface area contributed by atoms with Crippen molar-refractivity contribution >= 4 is 22.1 Å². The summed E-state index contributed by atoms with van der Waals surface area (Å²) in [6, 6.07) is 8.28. The van der Waals surface area contributed by atoms with Gasteiger partial charge in [-0.3, -0.25) is 4.90 Å². The van der Waals surface area contributed by atoms with Gasteiger partial charge >= 0.3 is 0 Å². The van der Waals surface area contributed by atoms with Crippen molar-refractivity contribution in [3.05, 3.63) is 34.6 Å². The van der Waals surface area contributed by atoms with Crippen LogP contribution in [0.15, 0.2) is 24.3 Å². The molecular weight excluding hydrogens is 380 g/mol. The molecule has 1 saturated heterocycles. The van der Waals surface area contributed by atoms with E-state index in [-0.39, 0.29) is 17.5 Å². The van der Waals surface area contributed by atoms with Gasteiger partial charge in [0.25, 0.3) is 0 Å². The van der Waals surface area contributed by atoms with Gasteiger partial charge in [0.2, 0.25) is 0 Å². The average molecular weight is 409 g/mol. The fourth-order valence-electron chi connectivity index (χ4n) is 3.50. The van der Waals surface area contributed by atoms with Gasteiger partial charge in [-0.2, -0.15) is 5.10 Å². The molecule has 1 fully saturated rings. The van der Waals surface area contributed by atoms with Gasteiger partial charge in [-0.25, -0.2) is 13.1 Å².